The van der Waals surface area contributed by atoms with Crippen molar-refractivity contribution >= 4 is 45.3 Å². The number of piperidine rings is 3. The Morgan fingerprint density at radius 1 is 0.759 bits per heavy atom. The zero-order valence-corrected chi connectivity index (χ0v) is 32.0. The van der Waals surface area contributed by atoms with E-state index in [1.54, 1.807) is 24.3 Å². The molecule has 3 atom stereocenters. The highest BCUT2D eigenvalue weighted by Gasteiger charge is 2.40. The summed E-state index contributed by atoms with van der Waals surface area (Å²) in [6.45, 7) is 4.77. The molecular weight excluding hydrogens is 740 g/mol. The van der Waals surface area contributed by atoms with Crippen LogP contribution in [-0.4, -0.2) is 103 Å². The summed E-state index contributed by atoms with van der Waals surface area (Å²) < 4.78 is 27.2. The summed E-state index contributed by atoms with van der Waals surface area (Å²) in [5.41, 5.74) is 8.38. The van der Waals surface area contributed by atoms with Crippen LogP contribution in [0.1, 0.15) is 44.2 Å². The third kappa shape index (κ3) is 6.57. The van der Waals surface area contributed by atoms with Gasteiger partial charge in [0.25, 0.3) is 0 Å². The number of imidazole rings is 1. The van der Waals surface area contributed by atoms with Gasteiger partial charge in [0.05, 0.1) is 11.7 Å². The lowest BCUT2D eigenvalue weighted by Crippen LogP contribution is -2.62. The first kappa shape index (κ1) is 36.3. The number of halogens is 1. The van der Waals surface area contributed by atoms with Crippen LogP contribution in [0.5, 0.6) is 11.5 Å². The highest BCUT2D eigenvalue weighted by atomic mass is 19.1. The number of hydrogen-bond acceptors (Lipinski definition) is 10. The molecule has 298 valence electrons. The van der Waals surface area contributed by atoms with Crippen LogP contribution >= 0.6 is 0 Å². The van der Waals surface area contributed by atoms with Gasteiger partial charge >= 0.3 is 5.69 Å². The Labute approximate surface area is 333 Å². The fourth-order valence-corrected chi connectivity index (χ4v) is 9.44. The summed E-state index contributed by atoms with van der Waals surface area (Å²) in [4.78, 5) is 54.1. The Morgan fingerprint density at radius 2 is 1.48 bits per heavy atom. The number of benzene rings is 3. The molecule has 0 saturated carbocycles. The van der Waals surface area contributed by atoms with Crippen LogP contribution in [0, 0.1) is 0 Å². The number of amides is 2. The Kier molecular flexibility index (Phi) is 9.20. The molecule has 0 aliphatic carbocycles. The first-order chi connectivity index (χ1) is 28.3. The van der Waals surface area contributed by atoms with E-state index in [9.17, 15) is 14.4 Å². The number of nitrogens with two attached hydrogens (primary N) is 1. The number of aromatic nitrogens is 5. The molecule has 2 amide bonds. The number of carbonyl (C=O) groups excluding carboxylic acids is 2. The monoisotopic (exact) mass is 784 g/mol. The normalized spacial score (nSPS) is 22.7. The molecule has 0 unspecified atom stereocenters. The van der Waals surface area contributed by atoms with E-state index in [1.165, 1.54) is 21.1 Å². The third-order valence-electron chi connectivity index (χ3n) is 12.6. The fraction of sp³-hybridized carbons (Fsp3) is 0.372. The summed E-state index contributed by atoms with van der Waals surface area (Å²) in [6, 6.07) is 22.7. The fourth-order valence-electron chi connectivity index (χ4n) is 9.44. The first-order valence-corrected chi connectivity index (χ1v) is 20.2. The minimum absolute atomic E-state index is 0.155. The number of para-hydroxylation sites is 1. The molecule has 3 aromatic carbocycles. The number of ether oxygens (including phenoxy) is 1. The molecule has 14 nitrogen and oxygen atoms in total. The zero-order valence-electron chi connectivity index (χ0n) is 32.0. The number of alkyl halides is 1. The van der Waals surface area contributed by atoms with Crippen molar-refractivity contribution in [2.75, 3.05) is 49.9 Å². The Bertz CT molecular complexity index is 2560. The molecule has 3 aromatic heterocycles. The molecule has 3 N–H and O–H groups in total. The predicted octanol–water partition coefficient (Wildman–Crippen LogP) is 4.83. The van der Waals surface area contributed by atoms with E-state index in [-0.39, 0.29) is 36.3 Å². The summed E-state index contributed by atoms with van der Waals surface area (Å²) >= 11 is 0. The largest absolute Gasteiger partial charge is 0.457 e. The van der Waals surface area contributed by atoms with Crippen LogP contribution in [-0.2, 0) is 9.59 Å². The smallest absolute Gasteiger partial charge is 0.335 e. The topological polar surface area (TPSA) is 149 Å². The maximum atomic E-state index is 16.4. The predicted molar refractivity (Wildman–Crippen MR) is 218 cm³/mol. The van der Waals surface area contributed by atoms with Crippen molar-refractivity contribution in [2.45, 2.75) is 62.4 Å². The number of nitrogens with one attached hydrogen (secondary N) is 1. The molecule has 58 heavy (non-hydrogen) atoms. The highest BCUT2D eigenvalue weighted by molar-refractivity contribution is 6.00. The number of hydrogen-bond donors (Lipinski definition) is 2. The Hall–Kier alpha value is -6.06. The molecule has 15 heteroatoms. The van der Waals surface area contributed by atoms with Crippen LogP contribution in [0.2, 0.25) is 0 Å². The number of imide groups is 1. The number of fused-ring (bicyclic) bond motifs is 2. The van der Waals surface area contributed by atoms with Gasteiger partial charge in [0.15, 0.2) is 11.5 Å². The Morgan fingerprint density at radius 3 is 2.24 bits per heavy atom. The third-order valence-corrected chi connectivity index (χ3v) is 12.6. The quantitative estimate of drug-likeness (QED) is 0.206. The second-order valence-corrected chi connectivity index (χ2v) is 16.0. The number of likely N-dealkylation sites (tertiary alicyclic amines) is 2. The number of nitrogens with zero attached hydrogens (tertiary/aromatic N) is 8. The number of rotatable bonds is 8. The summed E-state index contributed by atoms with van der Waals surface area (Å²) in [6.07, 6.45) is 7.35. The van der Waals surface area contributed by atoms with Crippen molar-refractivity contribution in [3.63, 3.8) is 0 Å². The van der Waals surface area contributed by atoms with Crippen molar-refractivity contribution in [3.05, 3.63) is 102 Å². The minimum atomic E-state index is -1.26. The molecule has 4 fully saturated rings. The highest BCUT2D eigenvalue weighted by Crippen LogP contribution is 2.35. The van der Waals surface area contributed by atoms with E-state index in [2.05, 4.69) is 48.2 Å². The molecular formula is C43H45FN10O4. The first-order valence-electron chi connectivity index (χ1n) is 20.2. The van der Waals surface area contributed by atoms with Gasteiger partial charge < -0.3 is 19.9 Å². The molecule has 0 radical (unpaired) electrons. The molecule has 6 aromatic rings. The van der Waals surface area contributed by atoms with Crippen molar-refractivity contribution in [2.24, 2.45) is 0 Å². The molecule has 4 aliphatic rings. The maximum absolute atomic E-state index is 16.4. The molecule has 4 saturated heterocycles. The molecule has 4 aliphatic heterocycles. The van der Waals surface area contributed by atoms with Crippen LogP contribution in [0.3, 0.4) is 0 Å². The average molecular weight is 785 g/mol. The number of nitrogen functional groups attached to an aromatic ring is 1. The van der Waals surface area contributed by atoms with Crippen molar-refractivity contribution < 1.29 is 18.7 Å². The lowest BCUT2D eigenvalue weighted by molar-refractivity contribution is -0.135. The van der Waals surface area contributed by atoms with Gasteiger partial charge in [-0.2, -0.15) is 0 Å². The van der Waals surface area contributed by atoms with Crippen LogP contribution < -0.4 is 26.4 Å². The van der Waals surface area contributed by atoms with Gasteiger partial charge in [0.2, 0.25) is 11.8 Å². The lowest BCUT2D eigenvalue weighted by atomic mass is 9.94. The van der Waals surface area contributed by atoms with E-state index in [4.69, 9.17) is 10.5 Å². The minimum Gasteiger partial charge on any atom is -0.457 e. The number of carbonyl (C=O) groups is 2. The second kappa shape index (κ2) is 14.7. The van der Waals surface area contributed by atoms with Gasteiger partial charge in [-0.25, -0.2) is 19.2 Å². The van der Waals surface area contributed by atoms with Crippen molar-refractivity contribution in [1.29, 1.82) is 0 Å². The molecule has 10 rings (SSSR count). The summed E-state index contributed by atoms with van der Waals surface area (Å²) in [5.74, 6) is 1.02. The van der Waals surface area contributed by atoms with Gasteiger partial charge in [0.1, 0.15) is 35.6 Å². The molecule has 0 bridgehead atoms. The van der Waals surface area contributed by atoms with E-state index < -0.39 is 17.9 Å². The maximum Gasteiger partial charge on any atom is 0.335 e. The zero-order chi connectivity index (χ0) is 39.5. The van der Waals surface area contributed by atoms with E-state index in [1.807, 2.05) is 47.3 Å². The van der Waals surface area contributed by atoms with Gasteiger partial charge in [-0.1, -0.05) is 24.3 Å². The van der Waals surface area contributed by atoms with E-state index in [0.717, 1.165) is 49.8 Å². The number of anilines is 2. The van der Waals surface area contributed by atoms with Crippen LogP contribution in [0.4, 0.5) is 15.9 Å². The van der Waals surface area contributed by atoms with Crippen LogP contribution in [0.25, 0.3) is 27.6 Å². The summed E-state index contributed by atoms with van der Waals surface area (Å²) in [7, 11) is 0. The standard InChI is InChI=1S/C43H45FN10O4/c44-35-25-50(19-16-36(35)54-41-39(40(45)46-26-47-41)53(43(54)57)30-8-10-34(11-9-30)58-33-4-2-1-3-5-33)29-14-17-49(18-15-29)32-23-51(24-32)31-7-6-27-21-52(22-28(27)20-31)37-12-13-38(55)48-42(37)56/h1-11,20-22,26,29,32,35-37H,12-19,23-25H2,(H2,45,46,47)(H,48,55,56)/t35-,36-,37-/m1/s1. The van der Waals surface area contributed by atoms with Gasteiger partial charge in [0, 0.05) is 81.2 Å². The second-order valence-electron chi connectivity index (χ2n) is 16.0. The molecule has 7 heterocycles. The Balaban J connectivity index is 0.761. The van der Waals surface area contributed by atoms with E-state index >= 15 is 4.39 Å². The molecule has 0 spiro atoms. The van der Waals surface area contributed by atoms with Crippen LogP contribution in [0.15, 0.2) is 96.3 Å². The van der Waals surface area contributed by atoms with E-state index in [0.29, 0.717) is 60.2 Å². The lowest BCUT2D eigenvalue weighted by Gasteiger charge is -2.50. The van der Waals surface area contributed by atoms with Crippen molar-refractivity contribution in [3.8, 4) is 17.2 Å². The van der Waals surface area contributed by atoms with Gasteiger partial charge in [-0.15, -0.1) is 0 Å². The SMILES string of the molecule is Nc1ncnc2c1n(-c1ccc(Oc3ccccc3)cc1)c(=O)n2[C@@H]1CCN(C2CCN(C3CN(c4ccc5cn([C@@H]6CCC(=O)NC6=O)cc5c4)C3)CC2)C[C@H]1F. The van der Waals surface area contributed by atoms with Crippen molar-refractivity contribution in [1.82, 2.24) is 38.8 Å². The average Bonchev–Trinajstić information content (AvgIpc) is 3.77. The summed E-state index contributed by atoms with van der Waals surface area (Å²) in [5, 5.41) is 4.60. The van der Waals surface area contributed by atoms with Gasteiger partial charge in [-0.05, 0) is 79.6 Å². The van der Waals surface area contributed by atoms with Gasteiger partial charge in [-0.3, -0.25) is 33.8 Å².